The molecule has 1 heterocycles. The van der Waals surface area contributed by atoms with Gasteiger partial charge in [0.05, 0.1) is 7.11 Å². The summed E-state index contributed by atoms with van der Waals surface area (Å²) in [5, 5.41) is 3.45. The lowest BCUT2D eigenvalue weighted by Crippen LogP contribution is -2.45. The van der Waals surface area contributed by atoms with Gasteiger partial charge in [-0.15, -0.1) is 0 Å². The van der Waals surface area contributed by atoms with Crippen molar-refractivity contribution in [3.63, 3.8) is 0 Å². The van der Waals surface area contributed by atoms with Crippen molar-refractivity contribution in [3.05, 3.63) is 28.2 Å². The van der Waals surface area contributed by atoms with E-state index in [1.807, 2.05) is 6.07 Å². The predicted molar refractivity (Wildman–Crippen MR) is 91.9 cm³/mol. The standard InChI is InChI=1S/C17H27BrN2O/c1-13(2)4-7-17(20-10-8-19-9-11-20)15-12-14(21-3)5-6-16(15)18/h5-6,12-13,17,19H,4,7-11H2,1-3H3/t17-/m1/s1. The molecule has 0 spiro atoms. The normalized spacial score (nSPS) is 18.0. The molecule has 0 aromatic heterocycles. The van der Waals surface area contributed by atoms with Gasteiger partial charge < -0.3 is 10.1 Å². The number of halogens is 1. The van der Waals surface area contributed by atoms with Gasteiger partial charge in [-0.05, 0) is 42.5 Å². The van der Waals surface area contributed by atoms with Crippen LogP contribution in [0, 0.1) is 5.92 Å². The number of ether oxygens (including phenoxy) is 1. The van der Waals surface area contributed by atoms with Crippen molar-refractivity contribution in [2.24, 2.45) is 5.92 Å². The lowest BCUT2D eigenvalue weighted by Gasteiger charge is -2.36. The van der Waals surface area contributed by atoms with Crippen LogP contribution in [0.4, 0.5) is 0 Å². The van der Waals surface area contributed by atoms with Crippen LogP contribution >= 0.6 is 15.9 Å². The second-order valence-electron chi connectivity index (χ2n) is 6.16. The third kappa shape index (κ3) is 4.70. The summed E-state index contributed by atoms with van der Waals surface area (Å²) in [5.74, 6) is 1.68. The molecule has 0 aliphatic carbocycles. The maximum Gasteiger partial charge on any atom is 0.119 e. The Bertz CT molecular complexity index is 444. The topological polar surface area (TPSA) is 24.5 Å². The first-order valence-electron chi connectivity index (χ1n) is 7.90. The number of nitrogens with zero attached hydrogens (tertiary/aromatic N) is 1. The van der Waals surface area contributed by atoms with Crippen LogP contribution in [0.3, 0.4) is 0 Å². The van der Waals surface area contributed by atoms with Crippen molar-refractivity contribution < 1.29 is 4.74 Å². The van der Waals surface area contributed by atoms with Crippen LogP contribution in [0.5, 0.6) is 5.75 Å². The molecule has 0 bridgehead atoms. The Morgan fingerprint density at radius 3 is 2.57 bits per heavy atom. The lowest BCUT2D eigenvalue weighted by molar-refractivity contribution is 0.159. The Morgan fingerprint density at radius 2 is 1.95 bits per heavy atom. The first-order valence-corrected chi connectivity index (χ1v) is 8.69. The minimum Gasteiger partial charge on any atom is -0.497 e. The molecule has 0 saturated carbocycles. The Balaban J connectivity index is 2.24. The highest BCUT2D eigenvalue weighted by atomic mass is 79.9. The Labute approximate surface area is 137 Å². The molecule has 3 nitrogen and oxygen atoms in total. The molecule has 1 aromatic carbocycles. The average molecular weight is 355 g/mol. The molecule has 4 heteroatoms. The maximum absolute atomic E-state index is 5.42. The number of hydrogen-bond donors (Lipinski definition) is 1. The van der Waals surface area contributed by atoms with E-state index in [9.17, 15) is 0 Å². The molecule has 21 heavy (non-hydrogen) atoms. The molecular formula is C17H27BrN2O. The predicted octanol–water partition coefficient (Wildman–Crippen LogP) is 3.84. The first kappa shape index (κ1) is 16.8. The summed E-state index contributed by atoms with van der Waals surface area (Å²) in [4.78, 5) is 2.61. The molecule has 1 saturated heterocycles. The SMILES string of the molecule is COc1ccc(Br)c([C@@H](CCC(C)C)N2CCNCC2)c1. The minimum absolute atomic E-state index is 0.471. The second-order valence-corrected chi connectivity index (χ2v) is 7.01. The van der Waals surface area contributed by atoms with E-state index in [2.05, 4.69) is 52.1 Å². The van der Waals surface area contributed by atoms with Crippen LogP contribution in [-0.2, 0) is 0 Å². The second kappa shape index (κ2) is 8.16. The molecule has 1 aliphatic heterocycles. The van der Waals surface area contributed by atoms with E-state index in [1.165, 1.54) is 22.9 Å². The number of nitrogens with one attached hydrogen (secondary N) is 1. The van der Waals surface area contributed by atoms with Gasteiger partial charge in [-0.25, -0.2) is 0 Å². The minimum atomic E-state index is 0.471. The van der Waals surface area contributed by atoms with E-state index in [0.717, 1.165) is 37.8 Å². The molecule has 1 atom stereocenters. The fourth-order valence-electron chi connectivity index (χ4n) is 2.92. The van der Waals surface area contributed by atoms with Crippen LogP contribution in [0.2, 0.25) is 0 Å². The molecule has 0 unspecified atom stereocenters. The quantitative estimate of drug-likeness (QED) is 0.839. The van der Waals surface area contributed by atoms with Gasteiger partial charge >= 0.3 is 0 Å². The van der Waals surface area contributed by atoms with Gasteiger partial charge in [-0.3, -0.25) is 4.90 Å². The van der Waals surface area contributed by atoms with Gasteiger partial charge in [0.1, 0.15) is 5.75 Å². The van der Waals surface area contributed by atoms with E-state index < -0.39 is 0 Å². The first-order chi connectivity index (χ1) is 10.1. The molecule has 1 fully saturated rings. The van der Waals surface area contributed by atoms with E-state index >= 15 is 0 Å². The summed E-state index contributed by atoms with van der Waals surface area (Å²) in [6, 6.07) is 6.79. The van der Waals surface area contributed by atoms with Crippen molar-refractivity contribution in [1.29, 1.82) is 0 Å². The molecule has 1 aromatic rings. The van der Waals surface area contributed by atoms with Gasteiger partial charge in [0, 0.05) is 36.7 Å². The summed E-state index contributed by atoms with van der Waals surface area (Å²) in [5.41, 5.74) is 1.36. The van der Waals surface area contributed by atoms with E-state index in [1.54, 1.807) is 7.11 Å². The average Bonchev–Trinajstić information content (AvgIpc) is 2.50. The number of hydrogen-bond acceptors (Lipinski definition) is 3. The zero-order valence-corrected chi connectivity index (χ0v) is 14.9. The monoisotopic (exact) mass is 354 g/mol. The summed E-state index contributed by atoms with van der Waals surface area (Å²) in [6.07, 6.45) is 2.45. The van der Waals surface area contributed by atoms with Crippen molar-refractivity contribution in [3.8, 4) is 5.75 Å². The molecule has 0 radical (unpaired) electrons. The highest BCUT2D eigenvalue weighted by Gasteiger charge is 2.24. The van der Waals surface area contributed by atoms with E-state index in [0.29, 0.717) is 6.04 Å². The number of piperazine rings is 1. The zero-order chi connectivity index (χ0) is 15.2. The Hall–Kier alpha value is -0.580. The zero-order valence-electron chi connectivity index (χ0n) is 13.4. The summed E-state index contributed by atoms with van der Waals surface area (Å²) in [6.45, 7) is 9.00. The highest BCUT2D eigenvalue weighted by molar-refractivity contribution is 9.10. The Morgan fingerprint density at radius 1 is 1.24 bits per heavy atom. The Kier molecular flexibility index (Phi) is 6.52. The molecule has 0 amide bonds. The molecule has 1 N–H and O–H groups in total. The molecule has 2 rings (SSSR count). The van der Waals surface area contributed by atoms with Crippen molar-refractivity contribution in [1.82, 2.24) is 10.2 Å². The summed E-state index contributed by atoms with van der Waals surface area (Å²) < 4.78 is 6.61. The van der Waals surface area contributed by atoms with Gasteiger partial charge in [0.15, 0.2) is 0 Å². The van der Waals surface area contributed by atoms with Crippen LogP contribution < -0.4 is 10.1 Å². The fraction of sp³-hybridized carbons (Fsp3) is 0.647. The van der Waals surface area contributed by atoms with Crippen molar-refractivity contribution >= 4 is 15.9 Å². The molecular weight excluding hydrogens is 328 g/mol. The van der Waals surface area contributed by atoms with Gasteiger partial charge in [0.25, 0.3) is 0 Å². The molecule has 1 aliphatic rings. The third-order valence-corrected chi connectivity index (χ3v) is 4.89. The summed E-state index contributed by atoms with van der Waals surface area (Å²) in [7, 11) is 1.74. The van der Waals surface area contributed by atoms with Gasteiger partial charge in [0.2, 0.25) is 0 Å². The van der Waals surface area contributed by atoms with Crippen LogP contribution in [0.25, 0.3) is 0 Å². The van der Waals surface area contributed by atoms with Crippen LogP contribution in [-0.4, -0.2) is 38.2 Å². The molecule has 118 valence electrons. The number of methoxy groups -OCH3 is 1. The summed E-state index contributed by atoms with van der Waals surface area (Å²) >= 11 is 3.74. The largest absolute Gasteiger partial charge is 0.497 e. The third-order valence-electron chi connectivity index (χ3n) is 4.17. The highest BCUT2D eigenvalue weighted by Crippen LogP contribution is 2.35. The lowest BCUT2D eigenvalue weighted by atomic mass is 9.95. The van der Waals surface area contributed by atoms with Crippen LogP contribution in [0.15, 0.2) is 22.7 Å². The number of rotatable bonds is 6. The fourth-order valence-corrected chi connectivity index (χ4v) is 3.43. The van der Waals surface area contributed by atoms with Crippen LogP contribution in [0.1, 0.15) is 38.3 Å². The van der Waals surface area contributed by atoms with Crippen molar-refractivity contribution in [2.45, 2.75) is 32.7 Å². The van der Waals surface area contributed by atoms with Crippen molar-refractivity contribution in [2.75, 3.05) is 33.3 Å². The van der Waals surface area contributed by atoms with Gasteiger partial charge in [-0.2, -0.15) is 0 Å². The van der Waals surface area contributed by atoms with Gasteiger partial charge in [-0.1, -0.05) is 29.8 Å². The van der Waals surface area contributed by atoms with E-state index in [4.69, 9.17) is 4.74 Å². The number of benzene rings is 1. The smallest absolute Gasteiger partial charge is 0.119 e. The van der Waals surface area contributed by atoms with E-state index in [-0.39, 0.29) is 0 Å². The maximum atomic E-state index is 5.42.